The first-order valence-corrected chi connectivity index (χ1v) is 9.23. The molecule has 1 fully saturated rings. The van der Waals surface area contributed by atoms with Crippen molar-refractivity contribution in [2.75, 3.05) is 5.32 Å². The fourth-order valence-electron chi connectivity index (χ4n) is 2.92. The number of hydrogen-bond acceptors (Lipinski definition) is 2. The summed E-state index contributed by atoms with van der Waals surface area (Å²) in [5.74, 6) is -0.0694. The predicted octanol–water partition coefficient (Wildman–Crippen LogP) is 4.65. The highest BCUT2D eigenvalue weighted by molar-refractivity contribution is 6.39. The third kappa shape index (κ3) is 4.87. The van der Waals surface area contributed by atoms with E-state index in [2.05, 4.69) is 10.6 Å². The molecule has 24 heavy (non-hydrogen) atoms. The Labute approximate surface area is 153 Å². The lowest BCUT2D eigenvalue weighted by molar-refractivity contribution is -0.129. The third-order valence-electron chi connectivity index (χ3n) is 4.68. The minimum atomic E-state index is -0.106. The summed E-state index contributed by atoms with van der Waals surface area (Å²) in [6, 6.07) is 5.32. The van der Waals surface area contributed by atoms with Crippen LogP contribution in [0.2, 0.25) is 10.0 Å². The van der Waals surface area contributed by atoms with Gasteiger partial charge in [0.1, 0.15) is 0 Å². The van der Waals surface area contributed by atoms with E-state index in [-0.39, 0.29) is 29.7 Å². The maximum Gasteiger partial charge on any atom is 0.227 e. The van der Waals surface area contributed by atoms with Gasteiger partial charge >= 0.3 is 0 Å². The molecule has 1 aromatic rings. The molecule has 6 heteroatoms. The van der Waals surface area contributed by atoms with Gasteiger partial charge in [-0.3, -0.25) is 9.59 Å². The van der Waals surface area contributed by atoms with Crippen LogP contribution in [0.25, 0.3) is 0 Å². The molecule has 1 saturated carbocycles. The maximum atomic E-state index is 12.4. The van der Waals surface area contributed by atoms with E-state index in [9.17, 15) is 9.59 Å². The van der Waals surface area contributed by atoms with Crippen LogP contribution in [-0.4, -0.2) is 17.9 Å². The van der Waals surface area contributed by atoms with Crippen LogP contribution < -0.4 is 10.6 Å². The van der Waals surface area contributed by atoms with E-state index in [1.165, 1.54) is 0 Å². The van der Waals surface area contributed by atoms with E-state index in [0.29, 0.717) is 28.6 Å². The Kier molecular flexibility index (Phi) is 6.93. The van der Waals surface area contributed by atoms with Gasteiger partial charge in [-0.1, -0.05) is 36.2 Å². The van der Waals surface area contributed by atoms with E-state index in [4.69, 9.17) is 23.2 Å². The van der Waals surface area contributed by atoms with E-state index in [1.54, 1.807) is 18.2 Å². The fourth-order valence-corrected chi connectivity index (χ4v) is 3.41. The molecule has 4 nitrogen and oxygen atoms in total. The molecule has 2 N–H and O–H groups in total. The van der Waals surface area contributed by atoms with Crippen LogP contribution in [-0.2, 0) is 9.59 Å². The average molecular weight is 371 g/mol. The highest BCUT2D eigenvalue weighted by atomic mass is 35.5. The maximum absolute atomic E-state index is 12.4. The van der Waals surface area contributed by atoms with Gasteiger partial charge < -0.3 is 10.6 Å². The Morgan fingerprint density at radius 1 is 1.08 bits per heavy atom. The number of anilines is 1. The number of rotatable bonds is 5. The molecule has 1 aliphatic rings. The molecule has 2 amide bonds. The molecular formula is C18H24Cl2N2O2. The highest BCUT2D eigenvalue weighted by Crippen LogP contribution is 2.33. The SMILES string of the molecule is CCC(C)NC(=O)C1CCC(C(=O)Nc2c(Cl)cccc2Cl)CC1. The molecule has 0 radical (unpaired) electrons. The summed E-state index contributed by atoms with van der Waals surface area (Å²) < 4.78 is 0. The van der Waals surface area contributed by atoms with Crippen LogP contribution in [0.15, 0.2) is 18.2 Å². The molecule has 1 unspecified atom stereocenters. The number of para-hydroxylation sites is 1. The number of hydrogen-bond donors (Lipinski definition) is 2. The lowest BCUT2D eigenvalue weighted by Gasteiger charge is -2.28. The van der Waals surface area contributed by atoms with Crippen LogP contribution in [0.4, 0.5) is 5.69 Å². The average Bonchev–Trinajstić information content (AvgIpc) is 2.58. The molecule has 0 bridgehead atoms. The number of carbonyl (C=O) groups is 2. The molecule has 0 spiro atoms. The van der Waals surface area contributed by atoms with Gasteiger partial charge in [0.05, 0.1) is 15.7 Å². The fraction of sp³-hybridized carbons (Fsp3) is 0.556. The smallest absolute Gasteiger partial charge is 0.227 e. The molecular weight excluding hydrogens is 347 g/mol. The van der Waals surface area contributed by atoms with Gasteiger partial charge in [-0.2, -0.15) is 0 Å². The molecule has 1 aliphatic carbocycles. The molecule has 0 saturated heterocycles. The van der Waals surface area contributed by atoms with Crippen molar-refractivity contribution in [3.05, 3.63) is 28.2 Å². The summed E-state index contributed by atoms with van der Waals surface area (Å²) in [5.41, 5.74) is 0.461. The van der Waals surface area contributed by atoms with Crippen molar-refractivity contribution in [3.8, 4) is 0 Å². The first-order valence-electron chi connectivity index (χ1n) is 8.47. The second kappa shape index (κ2) is 8.72. The van der Waals surface area contributed by atoms with Gasteiger partial charge in [0.15, 0.2) is 0 Å². The standard InChI is InChI=1S/C18H24Cl2N2O2/c1-3-11(2)21-17(23)12-7-9-13(10-8-12)18(24)22-16-14(19)5-4-6-15(16)20/h4-6,11-13H,3,7-10H2,1-2H3,(H,21,23)(H,22,24). The van der Waals surface area contributed by atoms with Gasteiger partial charge in [-0.15, -0.1) is 0 Å². The molecule has 0 aliphatic heterocycles. The van der Waals surface area contributed by atoms with Gasteiger partial charge in [0.25, 0.3) is 0 Å². The number of nitrogens with one attached hydrogen (secondary N) is 2. The van der Waals surface area contributed by atoms with Crippen LogP contribution in [0.1, 0.15) is 46.0 Å². The zero-order valence-electron chi connectivity index (χ0n) is 14.1. The zero-order chi connectivity index (χ0) is 17.7. The normalized spacial score (nSPS) is 21.8. The van der Waals surface area contributed by atoms with Crippen molar-refractivity contribution in [1.82, 2.24) is 5.32 Å². The lowest BCUT2D eigenvalue weighted by atomic mass is 9.81. The Balaban J connectivity index is 1.88. The Bertz CT molecular complexity index is 578. The number of halogens is 2. The topological polar surface area (TPSA) is 58.2 Å². The molecule has 2 rings (SSSR count). The van der Waals surface area contributed by atoms with Crippen molar-refractivity contribution in [2.24, 2.45) is 11.8 Å². The number of carbonyl (C=O) groups excluding carboxylic acids is 2. The summed E-state index contributed by atoms with van der Waals surface area (Å²) in [6.45, 7) is 4.05. The first-order chi connectivity index (χ1) is 11.4. The van der Waals surface area contributed by atoms with Crippen molar-refractivity contribution in [1.29, 1.82) is 0 Å². The monoisotopic (exact) mass is 370 g/mol. The summed E-state index contributed by atoms with van der Waals surface area (Å²) in [6.07, 6.45) is 3.79. The largest absolute Gasteiger partial charge is 0.353 e. The molecule has 1 aromatic carbocycles. The van der Waals surface area contributed by atoms with E-state index < -0.39 is 0 Å². The van der Waals surface area contributed by atoms with Crippen LogP contribution in [0, 0.1) is 11.8 Å². The van der Waals surface area contributed by atoms with Gasteiger partial charge in [0.2, 0.25) is 11.8 Å². The second-order valence-electron chi connectivity index (χ2n) is 6.45. The van der Waals surface area contributed by atoms with Crippen molar-refractivity contribution in [3.63, 3.8) is 0 Å². The predicted molar refractivity (Wildman–Crippen MR) is 98.4 cm³/mol. The number of benzene rings is 1. The molecule has 0 heterocycles. The summed E-state index contributed by atoms with van der Waals surface area (Å²) in [7, 11) is 0. The lowest BCUT2D eigenvalue weighted by Crippen LogP contribution is -2.39. The molecule has 132 valence electrons. The van der Waals surface area contributed by atoms with Gasteiger partial charge in [-0.25, -0.2) is 0 Å². The van der Waals surface area contributed by atoms with Crippen molar-refractivity contribution < 1.29 is 9.59 Å². The van der Waals surface area contributed by atoms with Crippen molar-refractivity contribution in [2.45, 2.75) is 52.0 Å². The summed E-state index contributed by atoms with van der Waals surface area (Å²) in [4.78, 5) is 24.6. The van der Waals surface area contributed by atoms with Gasteiger partial charge in [0, 0.05) is 17.9 Å². The van der Waals surface area contributed by atoms with Gasteiger partial charge in [-0.05, 0) is 51.2 Å². The summed E-state index contributed by atoms with van der Waals surface area (Å²) >= 11 is 12.2. The Morgan fingerprint density at radius 3 is 2.08 bits per heavy atom. The molecule has 0 aromatic heterocycles. The van der Waals surface area contributed by atoms with E-state index in [1.807, 2.05) is 13.8 Å². The van der Waals surface area contributed by atoms with E-state index >= 15 is 0 Å². The molecule has 1 atom stereocenters. The van der Waals surface area contributed by atoms with Crippen molar-refractivity contribution >= 4 is 40.7 Å². The van der Waals surface area contributed by atoms with Crippen LogP contribution in [0.3, 0.4) is 0 Å². The van der Waals surface area contributed by atoms with Crippen LogP contribution in [0.5, 0.6) is 0 Å². The Morgan fingerprint density at radius 2 is 1.58 bits per heavy atom. The number of amides is 2. The second-order valence-corrected chi connectivity index (χ2v) is 7.27. The first kappa shape index (κ1) is 19.1. The van der Waals surface area contributed by atoms with Crippen LogP contribution >= 0.6 is 23.2 Å². The summed E-state index contributed by atoms with van der Waals surface area (Å²) in [5, 5.41) is 6.71. The Hall–Kier alpha value is -1.26. The highest BCUT2D eigenvalue weighted by Gasteiger charge is 2.30. The quantitative estimate of drug-likeness (QED) is 0.791. The van der Waals surface area contributed by atoms with E-state index in [0.717, 1.165) is 19.3 Å². The third-order valence-corrected chi connectivity index (χ3v) is 5.31. The minimum absolute atomic E-state index is 0.00644. The zero-order valence-corrected chi connectivity index (χ0v) is 15.6. The minimum Gasteiger partial charge on any atom is -0.353 e.